The number of carbonyl (C=O) groups excluding carboxylic acids is 2. The molecule has 1 aromatic carbocycles. The van der Waals surface area contributed by atoms with E-state index in [2.05, 4.69) is 55.2 Å². The molecule has 3 aliphatic rings. The summed E-state index contributed by atoms with van der Waals surface area (Å²) in [6, 6.07) is 2.09. The molecule has 3 aliphatic carbocycles. The van der Waals surface area contributed by atoms with E-state index in [1.54, 1.807) is 6.20 Å². The number of aromatic hydroxyl groups is 1. The molecule has 0 saturated heterocycles. The number of carbonyl (C=O) groups is 2. The number of Topliss-reactive ketones (excluding diaryl/α,β-unsaturated/α-hetero) is 1. The van der Waals surface area contributed by atoms with E-state index >= 15 is 0 Å². The number of thiazole rings is 1. The fraction of sp³-hybridized carbons (Fsp3) is 0.560. The molecule has 1 amide bonds. The van der Waals surface area contributed by atoms with E-state index in [4.69, 9.17) is 0 Å². The van der Waals surface area contributed by atoms with Crippen molar-refractivity contribution in [3.05, 3.63) is 37.2 Å². The Balaban J connectivity index is 1.37. The largest absolute Gasteiger partial charge is 0.506 e. The first-order chi connectivity index (χ1) is 15.7. The standard InChI is InChI=1S/C25H28Br2N2O3S/c1-12-11-28-24(33-12)29-20(31)6-3-13-9-19(30)25(2)8-7-14-15(21(13)25)4-5-16-17(14)10-18(26)23(32)22(16)27/h10-11,13-15,21,32H,3-9H2,1-2H3,(H,28,29,31)/t13-,14?,15?,21?,25-/m1/s1. The number of nitrogens with one attached hydrogen (secondary N) is 1. The molecule has 0 radical (unpaired) electrons. The summed E-state index contributed by atoms with van der Waals surface area (Å²) in [6.07, 6.45) is 7.32. The average molecular weight is 596 g/mol. The lowest BCUT2D eigenvalue weighted by Gasteiger charge is -2.50. The topological polar surface area (TPSA) is 79.3 Å². The van der Waals surface area contributed by atoms with Crippen molar-refractivity contribution in [1.29, 1.82) is 0 Å². The molecular weight excluding hydrogens is 568 g/mol. The van der Waals surface area contributed by atoms with E-state index in [9.17, 15) is 14.7 Å². The highest BCUT2D eigenvalue weighted by Gasteiger charge is 2.58. The Labute approximate surface area is 215 Å². The number of halogens is 2. The first-order valence-corrected chi connectivity index (χ1v) is 14.0. The number of fused-ring (bicyclic) bond motifs is 5. The van der Waals surface area contributed by atoms with Crippen molar-refractivity contribution >= 4 is 60.0 Å². The number of rotatable bonds is 4. The third-order valence-corrected chi connectivity index (χ3v) is 10.6. The van der Waals surface area contributed by atoms with Gasteiger partial charge in [-0.3, -0.25) is 9.59 Å². The lowest BCUT2D eigenvalue weighted by Crippen LogP contribution is -2.44. The van der Waals surface area contributed by atoms with E-state index in [0.717, 1.165) is 45.9 Å². The SMILES string of the molecule is Cc1cnc(NC(=O)CC[C@@H]2CC(=O)[C@@]3(C)CCC4c5cc(Br)c(O)c(Br)c5CCC4C23)s1. The predicted molar refractivity (Wildman–Crippen MR) is 137 cm³/mol. The van der Waals surface area contributed by atoms with Crippen LogP contribution in [0.3, 0.4) is 0 Å². The molecule has 5 atom stereocenters. The number of aromatic nitrogens is 1. The van der Waals surface area contributed by atoms with Crippen LogP contribution in [-0.2, 0) is 16.0 Å². The molecule has 1 aromatic heterocycles. The predicted octanol–water partition coefficient (Wildman–Crippen LogP) is 6.75. The third-order valence-electron chi connectivity index (χ3n) is 8.35. The number of hydrogen-bond acceptors (Lipinski definition) is 5. The van der Waals surface area contributed by atoms with E-state index in [1.165, 1.54) is 22.5 Å². The van der Waals surface area contributed by atoms with E-state index in [-0.39, 0.29) is 23.0 Å². The van der Waals surface area contributed by atoms with Crippen molar-refractivity contribution < 1.29 is 14.7 Å². The van der Waals surface area contributed by atoms with Crippen LogP contribution in [0.4, 0.5) is 5.13 Å². The van der Waals surface area contributed by atoms with Crippen molar-refractivity contribution in [2.24, 2.45) is 23.2 Å². The first-order valence-electron chi connectivity index (χ1n) is 11.6. The van der Waals surface area contributed by atoms with Crippen molar-refractivity contribution in [2.45, 2.75) is 64.7 Å². The number of amides is 1. The van der Waals surface area contributed by atoms with E-state index < -0.39 is 0 Å². The van der Waals surface area contributed by atoms with Crippen LogP contribution in [0.15, 0.2) is 21.2 Å². The summed E-state index contributed by atoms with van der Waals surface area (Å²) < 4.78 is 1.52. The summed E-state index contributed by atoms with van der Waals surface area (Å²) >= 11 is 8.61. The molecule has 0 aliphatic heterocycles. The van der Waals surface area contributed by atoms with Crippen LogP contribution in [0.5, 0.6) is 5.75 Å². The molecule has 3 unspecified atom stereocenters. The van der Waals surface area contributed by atoms with Gasteiger partial charge in [0.25, 0.3) is 0 Å². The van der Waals surface area contributed by atoms with Crippen LogP contribution in [0.2, 0.25) is 0 Å². The van der Waals surface area contributed by atoms with Crippen molar-refractivity contribution in [2.75, 3.05) is 5.32 Å². The zero-order valence-electron chi connectivity index (χ0n) is 18.8. The summed E-state index contributed by atoms with van der Waals surface area (Å²) in [7, 11) is 0. The van der Waals surface area contributed by atoms with Crippen molar-refractivity contribution in [1.82, 2.24) is 4.98 Å². The van der Waals surface area contributed by atoms with Gasteiger partial charge in [-0.2, -0.15) is 0 Å². The minimum atomic E-state index is -0.280. The highest BCUT2D eigenvalue weighted by atomic mass is 79.9. The summed E-state index contributed by atoms with van der Waals surface area (Å²) in [5, 5.41) is 13.9. The number of hydrogen-bond donors (Lipinski definition) is 2. The van der Waals surface area contributed by atoms with Crippen LogP contribution in [0, 0.1) is 30.1 Å². The Kier molecular flexibility index (Phi) is 6.23. The summed E-state index contributed by atoms with van der Waals surface area (Å²) in [5.74, 6) is 1.99. The van der Waals surface area contributed by atoms with Crippen molar-refractivity contribution in [3.8, 4) is 5.75 Å². The number of nitrogens with zero attached hydrogens (tertiary/aromatic N) is 1. The molecule has 2 N–H and O–H groups in total. The number of benzene rings is 1. The van der Waals surface area contributed by atoms with Gasteiger partial charge in [0.05, 0.1) is 8.95 Å². The minimum absolute atomic E-state index is 0.0184. The fourth-order valence-electron chi connectivity index (χ4n) is 6.87. The highest BCUT2D eigenvalue weighted by Crippen LogP contribution is 2.63. The molecule has 5 rings (SSSR count). The maximum atomic E-state index is 13.2. The van der Waals surface area contributed by atoms with Gasteiger partial charge >= 0.3 is 0 Å². The summed E-state index contributed by atoms with van der Waals surface area (Å²) in [6.45, 7) is 4.14. The molecule has 8 heteroatoms. The number of aryl methyl sites for hydroxylation is 1. The third kappa shape index (κ3) is 4.00. The molecule has 176 valence electrons. The van der Waals surface area contributed by atoms with Gasteiger partial charge in [0.15, 0.2) is 5.13 Å². The average Bonchev–Trinajstić information content (AvgIpc) is 3.30. The van der Waals surface area contributed by atoms with Gasteiger partial charge in [0.1, 0.15) is 11.5 Å². The minimum Gasteiger partial charge on any atom is -0.506 e. The number of phenols is 1. The highest BCUT2D eigenvalue weighted by molar-refractivity contribution is 9.11. The second kappa shape index (κ2) is 8.76. The Morgan fingerprint density at radius 1 is 1.36 bits per heavy atom. The first kappa shape index (κ1) is 23.5. The number of anilines is 1. The number of ketones is 1. The molecule has 33 heavy (non-hydrogen) atoms. The van der Waals surface area contributed by atoms with E-state index in [0.29, 0.717) is 41.5 Å². The maximum absolute atomic E-state index is 13.2. The zero-order chi connectivity index (χ0) is 23.5. The molecule has 1 heterocycles. The Morgan fingerprint density at radius 3 is 2.88 bits per heavy atom. The Morgan fingerprint density at radius 2 is 2.15 bits per heavy atom. The molecule has 2 saturated carbocycles. The second-order valence-electron chi connectivity index (χ2n) is 10.1. The molecule has 2 aromatic rings. The van der Waals surface area contributed by atoms with Crippen LogP contribution in [0.1, 0.15) is 67.4 Å². The van der Waals surface area contributed by atoms with Gasteiger partial charge in [0.2, 0.25) is 5.91 Å². The van der Waals surface area contributed by atoms with E-state index in [1.807, 2.05) is 6.92 Å². The molecular formula is C25H28Br2N2O3S. The Bertz CT molecular complexity index is 1130. The Hall–Kier alpha value is -1.25. The normalized spacial score (nSPS) is 30.5. The fourth-order valence-corrected chi connectivity index (χ4v) is 8.91. The summed E-state index contributed by atoms with van der Waals surface area (Å²) in [5.41, 5.74) is 2.23. The van der Waals surface area contributed by atoms with Gasteiger partial charge in [0, 0.05) is 29.3 Å². The summed E-state index contributed by atoms with van der Waals surface area (Å²) in [4.78, 5) is 31.1. The van der Waals surface area contributed by atoms with Crippen LogP contribution < -0.4 is 5.32 Å². The molecule has 0 bridgehead atoms. The lowest BCUT2D eigenvalue weighted by molar-refractivity contribution is -0.129. The van der Waals surface area contributed by atoms with Crippen LogP contribution in [-0.4, -0.2) is 21.8 Å². The number of phenolic OH excluding ortho intramolecular Hbond substituents is 1. The molecule has 2 fully saturated rings. The second-order valence-corrected chi connectivity index (χ2v) is 13.0. The van der Waals surface area contributed by atoms with Crippen LogP contribution in [0.25, 0.3) is 0 Å². The van der Waals surface area contributed by atoms with Gasteiger partial charge < -0.3 is 10.4 Å². The monoisotopic (exact) mass is 594 g/mol. The zero-order valence-corrected chi connectivity index (χ0v) is 22.8. The lowest BCUT2D eigenvalue weighted by atomic mass is 9.54. The smallest absolute Gasteiger partial charge is 0.226 e. The van der Waals surface area contributed by atoms with Crippen molar-refractivity contribution in [3.63, 3.8) is 0 Å². The van der Waals surface area contributed by atoms with Gasteiger partial charge in [-0.1, -0.05) is 6.92 Å². The van der Waals surface area contributed by atoms with Gasteiger partial charge in [-0.05, 0) is 112 Å². The van der Waals surface area contributed by atoms with Gasteiger partial charge in [-0.15, -0.1) is 11.3 Å². The quantitative estimate of drug-likeness (QED) is 0.410. The maximum Gasteiger partial charge on any atom is 0.226 e. The molecule has 0 spiro atoms. The van der Waals surface area contributed by atoms with Gasteiger partial charge in [-0.25, -0.2) is 4.98 Å². The molecule has 5 nitrogen and oxygen atoms in total. The van der Waals surface area contributed by atoms with Crippen LogP contribution >= 0.6 is 43.2 Å².